The second-order valence-corrected chi connectivity index (χ2v) is 7.05. The average Bonchev–Trinajstić information content (AvgIpc) is 2.49. The summed E-state index contributed by atoms with van der Waals surface area (Å²) in [4.78, 5) is -0.0515. The highest BCUT2D eigenvalue weighted by molar-refractivity contribution is 7.87. The first-order valence-corrected chi connectivity index (χ1v) is 8.51. The minimum atomic E-state index is -3.97. The molecule has 0 aliphatic rings. The van der Waals surface area contributed by atoms with Crippen molar-refractivity contribution in [2.75, 3.05) is 18.1 Å². The Morgan fingerprint density at radius 2 is 1.57 bits per heavy atom. The molecule has 0 spiro atoms. The van der Waals surface area contributed by atoms with Gasteiger partial charge >= 0.3 is 10.1 Å². The van der Waals surface area contributed by atoms with E-state index in [1.54, 1.807) is 12.1 Å². The third kappa shape index (κ3) is 4.53. The zero-order valence-corrected chi connectivity index (χ0v) is 13.8. The predicted molar refractivity (Wildman–Crippen MR) is 89.9 cm³/mol. The highest BCUT2D eigenvalue weighted by atomic mass is 32.2. The van der Waals surface area contributed by atoms with E-state index in [1.165, 1.54) is 30.3 Å². The summed E-state index contributed by atoms with van der Waals surface area (Å²) in [5.41, 5.74) is 11.7. The average molecular weight is 336 g/mol. The largest absolute Gasteiger partial charge is 0.493 e. The molecule has 0 amide bonds. The summed E-state index contributed by atoms with van der Waals surface area (Å²) in [6, 6.07) is 10.4. The third-order valence-corrected chi connectivity index (χ3v) is 4.20. The standard InChI is InChI=1S/C16H20N2O4S/c1-11(2)10-21-12-3-5-13(6-4-12)22-23(19,20)14-7-8-15(17)16(18)9-14/h3-9,11H,10,17-18H2,1-2H3. The molecule has 0 fully saturated rings. The zero-order valence-electron chi connectivity index (χ0n) is 13.0. The van der Waals surface area contributed by atoms with Crippen LogP contribution in [0.3, 0.4) is 0 Å². The van der Waals surface area contributed by atoms with E-state index in [1.807, 2.05) is 13.8 Å². The summed E-state index contributed by atoms with van der Waals surface area (Å²) in [7, 11) is -3.97. The number of nitrogen functional groups attached to an aromatic ring is 2. The fourth-order valence-electron chi connectivity index (χ4n) is 1.74. The number of hydrogen-bond acceptors (Lipinski definition) is 6. The number of anilines is 2. The topological polar surface area (TPSA) is 105 Å². The highest BCUT2D eigenvalue weighted by Crippen LogP contribution is 2.24. The minimum absolute atomic E-state index is 0.0515. The van der Waals surface area contributed by atoms with Gasteiger partial charge in [0, 0.05) is 0 Å². The Hall–Kier alpha value is -2.41. The van der Waals surface area contributed by atoms with Gasteiger partial charge in [0.15, 0.2) is 0 Å². The summed E-state index contributed by atoms with van der Waals surface area (Å²) in [5.74, 6) is 1.25. The van der Waals surface area contributed by atoms with Crippen LogP contribution in [0.25, 0.3) is 0 Å². The van der Waals surface area contributed by atoms with E-state index in [4.69, 9.17) is 20.4 Å². The Bertz CT molecular complexity index is 771. The third-order valence-electron chi connectivity index (χ3n) is 2.96. The van der Waals surface area contributed by atoms with Crippen LogP contribution in [0.4, 0.5) is 11.4 Å². The Morgan fingerprint density at radius 3 is 2.13 bits per heavy atom. The second kappa shape index (κ2) is 6.78. The van der Waals surface area contributed by atoms with E-state index in [-0.39, 0.29) is 16.3 Å². The maximum absolute atomic E-state index is 12.2. The maximum atomic E-state index is 12.2. The van der Waals surface area contributed by atoms with E-state index in [9.17, 15) is 8.42 Å². The summed E-state index contributed by atoms with van der Waals surface area (Å²) in [6.07, 6.45) is 0. The van der Waals surface area contributed by atoms with Crippen LogP contribution < -0.4 is 20.4 Å². The molecule has 0 atom stereocenters. The van der Waals surface area contributed by atoms with E-state index in [0.29, 0.717) is 24.0 Å². The Balaban J connectivity index is 2.12. The molecule has 6 nitrogen and oxygen atoms in total. The summed E-state index contributed by atoms with van der Waals surface area (Å²) in [6.45, 7) is 4.67. The van der Waals surface area contributed by atoms with Gasteiger partial charge in [0.2, 0.25) is 0 Å². The molecule has 0 unspecified atom stereocenters. The molecule has 2 aromatic rings. The molecule has 2 rings (SSSR count). The van der Waals surface area contributed by atoms with Crippen molar-refractivity contribution in [2.45, 2.75) is 18.7 Å². The van der Waals surface area contributed by atoms with Crippen LogP contribution in [0, 0.1) is 5.92 Å². The van der Waals surface area contributed by atoms with Crippen LogP contribution in [-0.4, -0.2) is 15.0 Å². The predicted octanol–water partition coefficient (Wildman–Crippen LogP) is 2.65. The Morgan fingerprint density at radius 1 is 0.957 bits per heavy atom. The van der Waals surface area contributed by atoms with Crippen LogP contribution >= 0.6 is 0 Å². The lowest BCUT2D eigenvalue weighted by atomic mass is 10.2. The molecule has 23 heavy (non-hydrogen) atoms. The lowest BCUT2D eigenvalue weighted by Crippen LogP contribution is -2.10. The minimum Gasteiger partial charge on any atom is -0.493 e. The number of rotatable bonds is 6. The first kappa shape index (κ1) is 17.0. The molecule has 0 saturated heterocycles. The molecule has 0 aliphatic carbocycles. The molecule has 0 radical (unpaired) electrons. The van der Waals surface area contributed by atoms with Crippen molar-refractivity contribution in [3.8, 4) is 11.5 Å². The van der Waals surface area contributed by atoms with Gasteiger partial charge < -0.3 is 20.4 Å². The molecule has 4 N–H and O–H groups in total. The van der Waals surface area contributed by atoms with Crippen molar-refractivity contribution in [2.24, 2.45) is 5.92 Å². The molecular formula is C16H20N2O4S. The first-order valence-electron chi connectivity index (χ1n) is 7.10. The monoisotopic (exact) mass is 336 g/mol. The van der Waals surface area contributed by atoms with Gasteiger partial charge in [0.05, 0.1) is 18.0 Å². The van der Waals surface area contributed by atoms with Crippen molar-refractivity contribution < 1.29 is 17.3 Å². The molecule has 2 aromatic carbocycles. The van der Waals surface area contributed by atoms with Gasteiger partial charge in [-0.2, -0.15) is 8.42 Å². The van der Waals surface area contributed by atoms with Gasteiger partial charge in [0.25, 0.3) is 0 Å². The zero-order chi connectivity index (χ0) is 17.0. The fraction of sp³-hybridized carbons (Fsp3) is 0.250. The highest BCUT2D eigenvalue weighted by Gasteiger charge is 2.17. The van der Waals surface area contributed by atoms with E-state index >= 15 is 0 Å². The number of nitrogens with two attached hydrogens (primary N) is 2. The van der Waals surface area contributed by atoms with Gasteiger partial charge in [-0.05, 0) is 48.4 Å². The van der Waals surface area contributed by atoms with Crippen LogP contribution in [0.15, 0.2) is 47.4 Å². The lowest BCUT2D eigenvalue weighted by molar-refractivity contribution is 0.271. The maximum Gasteiger partial charge on any atom is 0.339 e. The number of ether oxygens (including phenoxy) is 1. The molecule has 0 bridgehead atoms. The van der Waals surface area contributed by atoms with Crippen LogP contribution in [0.5, 0.6) is 11.5 Å². The first-order chi connectivity index (χ1) is 10.8. The van der Waals surface area contributed by atoms with E-state index < -0.39 is 10.1 Å². The van der Waals surface area contributed by atoms with Crippen LogP contribution in [-0.2, 0) is 10.1 Å². The Labute approximate surface area is 136 Å². The number of hydrogen-bond donors (Lipinski definition) is 2. The molecule has 7 heteroatoms. The summed E-state index contributed by atoms with van der Waals surface area (Å²) < 4.78 is 35.0. The quantitative estimate of drug-likeness (QED) is 0.621. The molecule has 124 valence electrons. The molecule has 0 aromatic heterocycles. The van der Waals surface area contributed by atoms with Crippen LogP contribution in [0.1, 0.15) is 13.8 Å². The van der Waals surface area contributed by atoms with E-state index in [2.05, 4.69) is 0 Å². The molecule has 0 aliphatic heterocycles. The summed E-state index contributed by atoms with van der Waals surface area (Å²) >= 11 is 0. The van der Waals surface area contributed by atoms with Gasteiger partial charge in [-0.25, -0.2) is 0 Å². The van der Waals surface area contributed by atoms with E-state index in [0.717, 1.165) is 0 Å². The molecular weight excluding hydrogens is 316 g/mol. The summed E-state index contributed by atoms with van der Waals surface area (Å²) in [5, 5.41) is 0. The van der Waals surface area contributed by atoms with Gasteiger partial charge in [-0.1, -0.05) is 13.8 Å². The van der Waals surface area contributed by atoms with Crippen molar-refractivity contribution in [3.63, 3.8) is 0 Å². The normalized spacial score (nSPS) is 11.4. The second-order valence-electron chi connectivity index (χ2n) is 5.50. The Kier molecular flexibility index (Phi) is 5.00. The smallest absolute Gasteiger partial charge is 0.339 e. The molecule has 0 saturated carbocycles. The number of benzene rings is 2. The molecule has 0 heterocycles. The van der Waals surface area contributed by atoms with Gasteiger partial charge in [-0.15, -0.1) is 0 Å². The van der Waals surface area contributed by atoms with Gasteiger partial charge in [-0.3, -0.25) is 0 Å². The van der Waals surface area contributed by atoms with Crippen molar-refractivity contribution in [1.82, 2.24) is 0 Å². The fourth-order valence-corrected chi connectivity index (χ4v) is 2.70. The van der Waals surface area contributed by atoms with Crippen LogP contribution in [0.2, 0.25) is 0 Å². The lowest BCUT2D eigenvalue weighted by Gasteiger charge is -2.11. The SMILES string of the molecule is CC(C)COc1ccc(OS(=O)(=O)c2ccc(N)c(N)c2)cc1. The van der Waals surface area contributed by atoms with Crippen molar-refractivity contribution in [3.05, 3.63) is 42.5 Å². The van der Waals surface area contributed by atoms with Crippen molar-refractivity contribution in [1.29, 1.82) is 0 Å². The van der Waals surface area contributed by atoms with Gasteiger partial charge in [0.1, 0.15) is 16.4 Å². The van der Waals surface area contributed by atoms with Crippen molar-refractivity contribution >= 4 is 21.5 Å².